The highest BCUT2D eigenvalue weighted by atomic mass is 16.2. The third kappa shape index (κ3) is 5.52. The monoisotopic (exact) mass is 397 g/mol. The van der Waals surface area contributed by atoms with Gasteiger partial charge in [0.2, 0.25) is 5.91 Å². The van der Waals surface area contributed by atoms with Gasteiger partial charge in [0.05, 0.1) is 5.56 Å². The third-order valence-corrected chi connectivity index (χ3v) is 5.21. The molecule has 1 aliphatic rings. The first kappa shape index (κ1) is 20.8. The molecule has 1 saturated heterocycles. The summed E-state index contributed by atoms with van der Waals surface area (Å²) in [5, 5.41) is 5.70. The van der Waals surface area contributed by atoms with Gasteiger partial charge >= 0.3 is 0 Å². The predicted molar refractivity (Wildman–Crippen MR) is 110 cm³/mol. The number of hydrogen-bond acceptors (Lipinski definition) is 5. The van der Waals surface area contributed by atoms with E-state index in [-0.39, 0.29) is 41.9 Å². The summed E-state index contributed by atoms with van der Waals surface area (Å²) in [6.07, 6.45) is 1.42. The number of hydrogen-bond donors (Lipinski definition) is 4. The van der Waals surface area contributed by atoms with Crippen molar-refractivity contribution in [3.8, 4) is 0 Å². The minimum Gasteiger partial charge on any atom is -0.354 e. The molecule has 1 aromatic heterocycles. The Bertz CT molecular complexity index is 902. The summed E-state index contributed by atoms with van der Waals surface area (Å²) in [6.45, 7) is 4.87. The Morgan fingerprint density at radius 1 is 1.00 bits per heavy atom. The number of carbonyl (C=O) groups is 2. The van der Waals surface area contributed by atoms with Crippen LogP contribution >= 0.6 is 0 Å². The second kappa shape index (κ2) is 9.49. The maximum atomic E-state index is 12.4. The van der Waals surface area contributed by atoms with Gasteiger partial charge in [0.15, 0.2) is 0 Å². The largest absolute Gasteiger partial charge is 0.354 e. The molecule has 0 spiro atoms. The van der Waals surface area contributed by atoms with Crippen molar-refractivity contribution >= 4 is 11.8 Å². The molecule has 4 N–H and O–H groups in total. The molecule has 1 aliphatic heterocycles. The molecule has 1 fully saturated rings. The van der Waals surface area contributed by atoms with Gasteiger partial charge in [-0.1, -0.05) is 30.3 Å². The van der Waals surface area contributed by atoms with Crippen molar-refractivity contribution in [3.05, 3.63) is 70.1 Å². The van der Waals surface area contributed by atoms with Crippen molar-refractivity contribution in [3.63, 3.8) is 0 Å². The highest BCUT2D eigenvalue weighted by molar-refractivity contribution is 5.93. The number of nitrogens with one attached hydrogen (secondary N) is 4. The van der Waals surface area contributed by atoms with Crippen LogP contribution in [0.5, 0.6) is 0 Å². The van der Waals surface area contributed by atoms with E-state index >= 15 is 0 Å². The van der Waals surface area contributed by atoms with E-state index in [1.54, 1.807) is 0 Å². The number of pyridine rings is 1. The van der Waals surface area contributed by atoms with Crippen molar-refractivity contribution in [2.24, 2.45) is 5.92 Å². The molecule has 8 heteroatoms. The second-order valence-corrected chi connectivity index (χ2v) is 7.39. The van der Waals surface area contributed by atoms with Crippen LogP contribution in [0, 0.1) is 5.92 Å². The molecule has 1 aromatic carbocycles. The summed E-state index contributed by atoms with van der Waals surface area (Å²) in [7, 11) is 0. The van der Waals surface area contributed by atoms with Gasteiger partial charge in [-0.3, -0.25) is 25.2 Å². The Balaban J connectivity index is 1.57. The van der Waals surface area contributed by atoms with Crippen LogP contribution in [0.1, 0.15) is 29.8 Å². The van der Waals surface area contributed by atoms with Gasteiger partial charge in [0, 0.05) is 43.4 Å². The summed E-state index contributed by atoms with van der Waals surface area (Å²) in [6, 6.07) is 12.8. The van der Waals surface area contributed by atoms with E-state index in [0.717, 1.165) is 5.56 Å². The molecule has 0 bridgehead atoms. The maximum Gasteiger partial charge on any atom is 0.253 e. The highest BCUT2D eigenvalue weighted by Gasteiger charge is 2.29. The van der Waals surface area contributed by atoms with Crippen molar-refractivity contribution in [1.82, 2.24) is 26.1 Å². The van der Waals surface area contributed by atoms with Crippen LogP contribution in [0.15, 0.2) is 53.5 Å². The lowest BCUT2D eigenvalue weighted by Gasteiger charge is -2.18. The van der Waals surface area contributed by atoms with E-state index in [9.17, 15) is 14.4 Å². The third-order valence-electron chi connectivity index (χ3n) is 5.21. The molecule has 2 heterocycles. The van der Waals surface area contributed by atoms with Crippen LogP contribution in [0.4, 0.5) is 0 Å². The lowest BCUT2D eigenvalue weighted by atomic mass is 9.97. The highest BCUT2D eigenvalue weighted by Crippen LogP contribution is 2.12. The smallest absolute Gasteiger partial charge is 0.253 e. The van der Waals surface area contributed by atoms with Crippen LogP contribution in [0.2, 0.25) is 0 Å². The van der Waals surface area contributed by atoms with Gasteiger partial charge in [0.25, 0.3) is 11.5 Å². The predicted octanol–water partition coefficient (Wildman–Crippen LogP) is 0.396. The van der Waals surface area contributed by atoms with Gasteiger partial charge in [-0.15, -0.1) is 0 Å². The summed E-state index contributed by atoms with van der Waals surface area (Å²) in [5.74, 6) is -0.306. The van der Waals surface area contributed by atoms with Crippen molar-refractivity contribution in [2.75, 3.05) is 6.54 Å². The van der Waals surface area contributed by atoms with E-state index < -0.39 is 0 Å². The van der Waals surface area contributed by atoms with E-state index in [0.29, 0.717) is 18.7 Å². The Kier molecular flexibility index (Phi) is 6.79. The quantitative estimate of drug-likeness (QED) is 0.541. The zero-order valence-corrected chi connectivity index (χ0v) is 16.6. The molecular weight excluding hydrogens is 370 g/mol. The molecule has 2 amide bonds. The van der Waals surface area contributed by atoms with Crippen LogP contribution in [0.3, 0.4) is 0 Å². The molecule has 0 aliphatic carbocycles. The normalized spacial score (nSPS) is 21.0. The first-order valence-electron chi connectivity index (χ1n) is 9.74. The number of hydrazine groups is 1. The zero-order chi connectivity index (χ0) is 20.8. The second-order valence-electron chi connectivity index (χ2n) is 7.39. The fraction of sp³-hybridized carbons (Fsp3) is 0.381. The van der Waals surface area contributed by atoms with Crippen molar-refractivity contribution < 1.29 is 9.59 Å². The molecule has 2 aromatic rings. The number of nitrogens with zero attached hydrogens (tertiary/aromatic N) is 1. The molecule has 8 nitrogen and oxygen atoms in total. The van der Waals surface area contributed by atoms with Crippen LogP contribution in [-0.2, 0) is 17.9 Å². The standard InChI is InChI=1S/C21H27N5O3/c1-14-18(15(2)25-24-14)11-22-19(27)13-26-12-17(8-9-20(26)28)21(29)23-10-16-6-4-3-5-7-16/h3-9,12,14-15,18,24-25H,10-11,13H2,1-2H3,(H,22,27)(H,23,29). The van der Waals surface area contributed by atoms with Gasteiger partial charge in [-0.05, 0) is 25.5 Å². The maximum absolute atomic E-state index is 12.4. The number of amides is 2. The molecule has 3 rings (SSSR count). The molecule has 2 unspecified atom stereocenters. The van der Waals surface area contributed by atoms with Gasteiger partial charge < -0.3 is 15.2 Å². The molecule has 154 valence electrons. The fourth-order valence-electron chi connectivity index (χ4n) is 3.38. The summed E-state index contributed by atoms with van der Waals surface area (Å²) in [5.41, 5.74) is 7.27. The molecule has 0 saturated carbocycles. The number of aromatic nitrogens is 1. The Morgan fingerprint density at radius 2 is 1.69 bits per heavy atom. The fourth-order valence-corrected chi connectivity index (χ4v) is 3.38. The Hall–Kier alpha value is -2.97. The number of rotatable bonds is 7. The Morgan fingerprint density at radius 3 is 2.38 bits per heavy atom. The molecular formula is C21H27N5O3. The Labute approximate surface area is 169 Å². The number of carbonyl (C=O) groups excluding carboxylic acids is 2. The average Bonchev–Trinajstić information content (AvgIpc) is 3.04. The minimum atomic E-state index is -0.328. The van der Waals surface area contributed by atoms with Crippen LogP contribution in [0.25, 0.3) is 0 Å². The number of benzene rings is 1. The summed E-state index contributed by atoms with van der Waals surface area (Å²) >= 11 is 0. The molecule has 2 atom stereocenters. The van der Waals surface area contributed by atoms with Crippen LogP contribution in [-0.4, -0.2) is 35.0 Å². The minimum absolute atomic E-state index is 0.130. The van der Waals surface area contributed by atoms with Gasteiger partial charge in [-0.25, -0.2) is 0 Å². The van der Waals surface area contributed by atoms with Crippen LogP contribution < -0.4 is 27.0 Å². The topological polar surface area (TPSA) is 104 Å². The summed E-state index contributed by atoms with van der Waals surface area (Å²) in [4.78, 5) is 36.8. The lowest BCUT2D eigenvalue weighted by molar-refractivity contribution is -0.121. The summed E-state index contributed by atoms with van der Waals surface area (Å²) < 4.78 is 1.25. The SMILES string of the molecule is CC1NNC(C)C1CNC(=O)Cn1cc(C(=O)NCc2ccccc2)ccc1=O. The van der Waals surface area contributed by atoms with E-state index in [4.69, 9.17) is 0 Å². The molecule has 0 radical (unpaired) electrons. The van der Waals surface area contributed by atoms with Crippen molar-refractivity contribution in [2.45, 2.75) is 39.0 Å². The van der Waals surface area contributed by atoms with Gasteiger partial charge in [0.1, 0.15) is 6.54 Å². The van der Waals surface area contributed by atoms with Crippen molar-refractivity contribution in [1.29, 1.82) is 0 Å². The molecule has 29 heavy (non-hydrogen) atoms. The van der Waals surface area contributed by atoms with Gasteiger partial charge in [-0.2, -0.15) is 0 Å². The zero-order valence-electron chi connectivity index (χ0n) is 16.6. The first-order chi connectivity index (χ1) is 13.9. The van der Waals surface area contributed by atoms with E-state index in [1.807, 2.05) is 30.3 Å². The first-order valence-corrected chi connectivity index (χ1v) is 9.74. The van der Waals surface area contributed by atoms with E-state index in [2.05, 4.69) is 35.3 Å². The average molecular weight is 397 g/mol. The lowest BCUT2D eigenvalue weighted by Crippen LogP contribution is -2.39. The van der Waals surface area contributed by atoms with E-state index in [1.165, 1.54) is 22.9 Å².